The van der Waals surface area contributed by atoms with E-state index in [0.29, 0.717) is 23.6 Å². The second-order valence-electron chi connectivity index (χ2n) is 6.02. The summed E-state index contributed by atoms with van der Waals surface area (Å²) < 4.78 is 5.71. The lowest BCUT2D eigenvalue weighted by atomic mass is 9.98. The molecule has 0 radical (unpaired) electrons. The maximum atomic E-state index is 6.25. The highest BCUT2D eigenvalue weighted by atomic mass is 35.5. The van der Waals surface area contributed by atoms with Gasteiger partial charge in [-0.15, -0.1) is 12.4 Å². The smallest absolute Gasteiger partial charge is 0.142 e. The Bertz CT molecular complexity index is 483. The van der Waals surface area contributed by atoms with Crippen LogP contribution in [-0.4, -0.2) is 30.6 Å². The molecule has 0 bridgehead atoms. The van der Waals surface area contributed by atoms with Gasteiger partial charge in [-0.05, 0) is 37.7 Å². The molecule has 1 saturated carbocycles. The molecule has 3 atom stereocenters. The summed E-state index contributed by atoms with van der Waals surface area (Å²) in [5, 5.41) is 0.709. The highest BCUT2D eigenvalue weighted by molar-refractivity contribution is 6.32. The van der Waals surface area contributed by atoms with Crippen molar-refractivity contribution in [2.24, 2.45) is 17.6 Å². The Labute approximate surface area is 138 Å². The lowest BCUT2D eigenvalue weighted by Crippen LogP contribution is -2.30. The van der Waals surface area contributed by atoms with E-state index < -0.39 is 0 Å². The first kappa shape index (κ1) is 16.9. The van der Waals surface area contributed by atoms with E-state index in [4.69, 9.17) is 22.1 Å². The van der Waals surface area contributed by atoms with Gasteiger partial charge in [0.05, 0.1) is 11.6 Å². The zero-order chi connectivity index (χ0) is 14.1. The maximum absolute atomic E-state index is 6.25. The van der Waals surface area contributed by atoms with Crippen LogP contribution >= 0.6 is 24.0 Å². The van der Waals surface area contributed by atoms with Crippen molar-refractivity contribution in [1.82, 2.24) is 4.90 Å². The highest BCUT2D eigenvalue weighted by Crippen LogP contribution is 2.38. The number of likely N-dealkylation sites (tertiary alicyclic amines) is 1. The number of fused-ring (bicyclic) bond motifs is 1. The predicted molar refractivity (Wildman–Crippen MR) is 89.3 cm³/mol. The molecule has 21 heavy (non-hydrogen) atoms. The first-order valence-electron chi connectivity index (χ1n) is 7.57. The fourth-order valence-corrected chi connectivity index (χ4v) is 4.00. The topological polar surface area (TPSA) is 38.5 Å². The summed E-state index contributed by atoms with van der Waals surface area (Å²) in [4.78, 5) is 2.50. The molecular formula is C16H24Cl2N2O. The molecule has 5 heteroatoms. The molecule has 1 aromatic rings. The quantitative estimate of drug-likeness (QED) is 0.920. The van der Waals surface area contributed by atoms with Crippen LogP contribution in [0.5, 0.6) is 5.75 Å². The van der Waals surface area contributed by atoms with E-state index in [2.05, 4.69) is 11.0 Å². The van der Waals surface area contributed by atoms with E-state index in [1.165, 1.54) is 18.4 Å². The normalized spacial score (nSPS) is 28.2. The summed E-state index contributed by atoms with van der Waals surface area (Å²) in [6, 6.07) is 6.41. The lowest BCUT2D eigenvalue weighted by Gasteiger charge is -2.20. The molecule has 2 aliphatic rings. The third kappa shape index (κ3) is 3.48. The lowest BCUT2D eigenvalue weighted by molar-refractivity contribution is 0.284. The molecule has 0 amide bonds. The van der Waals surface area contributed by atoms with Crippen LogP contribution in [0, 0.1) is 11.8 Å². The van der Waals surface area contributed by atoms with Crippen LogP contribution in [0.3, 0.4) is 0 Å². The van der Waals surface area contributed by atoms with Crippen molar-refractivity contribution in [3.63, 3.8) is 0 Å². The molecule has 2 N–H and O–H groups in total. The van der Waals surface area contributed by atoms with Crippen LogP contribution in [-0.2, 0) is 6.54 Å². The van der Waals surface area contributed by atoms with Gasteiger partial charge in [0.1, 0.15) is 5.75 Å². The van der Waals surface area contributed by atoms with Gasteiger partial charge >= 0.3 is 0 Å². The Hall–Kier alpha value is -0.480. The van der Waals surface area contributed by atoms with E-state index in [1.807, 2.05) is 19.1 Å². The highest BCUT2D eigenvalue weighted by Gasteiger charge is 2.40. The molecule has 1 aliphatic carbocycles. The molecule has 1 aromatic carbocycles. The predicted octanol–water partition coefficient (Wildman–Crippen LogP) is 3.33. The third-order valence-electron chi connectivity index (χ3n) is 4.72. The van der Waals surface area contributed by atoms with E-state index in [1.54, 1.807) is 0 Å². The zero-order valence-corrected chi connectivity index (χ0v) is 14.0. The molecule has 3 rings (SSSR count). The van der Waals surface area contributed by atoms with Gasteiger partial charge in [0.2, 0.25) is 0 Å². The van der Waals surface area contributed by atoms with Crippen LogP contribution < -0.4 is 10.5 Å². The number of nitrogens with zero attached hydrogens (tertiary/aromatic N) is 1. The van der Waals surface area contributed by atoms with Crippen molar-refractivity contribution in [2.75, 3.05) is 19.7 Å². The molecule has 1 saturated heterocycles. The van der Waals surface area contributed by atoms with Gasteiger partial charge < -0.3 is 10.5 Å². The van der Waals surface area contributed by atoms with Crippen molar-refractivity contribution in [2.45, 2.75) is 32.4 Å². The number of benzene rings is 1. The summed E-state index contributed by atoms with van der Waals surface area (Å²) >= 11 is 6.25. The van der Waals surface area contributed by atoms with Gasteiger partial charge in [-0.2, -0.15) is 0 Å². The van der Waals surface area contributed by atoms with E-state index in [0.717, 1.165) is 31.3 Å². The van der Waals surface area contributed by atoms with Gasteiger partial charge in [-0.25, -0.2) is 0 Å². The number of ether oxygens (including phenoxy) is 1. The van der Waals surface area contributed by atoms with E-state index >= 15 is 0 Å². The first-order chi connectivity index (χ1) is 9.69. The van der Waals surface area contributed by atoms with Gasteiger partial charge in [-0.1, -0.05) is 23.7 Å². The van der Waals surface area contributed by atoms with Crippen LogP contribution in [0.15, 0.2) is 18.2 Å². The summed E-state index contributed by atoms with van der Waals surface area (Å²) in [7, 11) is 0. The Morgan fingerprint density at radius 1 is 1.33 bits per heavy atom. The average molecular weight is 331 g/mol. The Morgan fingerprint density at radius 2 is 2.14 bits per heavy atom. The number of nitrogens with two attached hydrogens (primary N) is 1. The number of hydrogen-bond acceptors (Lipinski definition) is 3. The molecule has 3 nitrogen and oxygen atoms in total. The van der Waals surface area contributed by atoms with Crippen LogP contribution in [0.4, 0.5) is 0 Å². The Kier molecular flexibility index (Phi) is 5.78. The maximum Gasteiger partial charge on any atom is 0.142 e. The van der Waals surface area contributed by atoms with Crippen LogP contribution in [0.2, 0.25) is 5.02 Å². The number of rotatable bonds is 4. The van der Waals surface area contributed by atoms with Crippen molar-refractivity contribution >= 4 is 24.0 Å². The second kappa shape index (κ2) is 7.19. The molecule has 2 fully saturated rings. The van der Waals surface area contributed by atoms with Crippen molar-refractivity contribution in [3.8, 4) is 5.75 Å². The average Bonchev–Trinajstić information content (AvgIpc) is 2.96. The first-order valence-corrected chi connectivity index (χ1v) is 7.95. The van der Waals surface area contributed by atoms with Crippen molar-refractivity contribution < 1.29 is 4.74 Å². The number of hydrogen-bond donors (Lipinski definition) is 1. The third-order valence-corrected chi connectivity index (χ3v) is 5.02. The molecule has 0 spiro atoms. The van der Waals surface area contributed by atoms with E-state index in [-0.39, 0.29) is 12.4 Å². The molecule has 3 unspecified atom stereocenters. The fraction of sp³-hybridized carbons (Fsp3) is 0.625. The van der Waals surface area contributed by atoms with Gasteiger partial charge in [0, 0.05) is 31.2 Å². The van der Waals surface area contributed by atoms with Crippen LogP contribution in [0.1, 0.15) is 25.3 Å². The van der Waals surface area contributed by atoms with Crippen molar-refractivity contribution in [3.05, 3.63) is 28.8 Å². The monoisotopic (exact) mass is 330 g/mol. The fourth-order valence-electron chi connectivity index (χ4n) is 3.75. The largest absolute Gasteiger partial charge is 0.492 e. The minimum Gasteiger partial charge on any atom is -0.492 e. The molecule has 1 aliphatic heterocycles. The minimum atomic E-state index is 0. The molecular weight excluding hydrogens is 307 g/mol. The SMILES string of the molecule is CCOc1c(Cl)cccc1CN1CC2CCC(N)C2C1.Cl. The van der Waals surface area contributed by atoms with E-state index in [9.17, 15) is 0 Å². The van der Waals surface area contributed by atoms with Gasteiger partial charge in [0.25, 0.3) is 0 Å². The summed E-state index contributed by atoms with van der Waals surface area (Å²) in [6.45, 7) is 5.83. The van der Waals surface area contributed by atoms with Crippen LogP contribution in [0.25, 0.3) is 0 Å². The summed E-state index contributed by atoms with van der Waals surface area (Å²) in [5.41, 5.74) is 7.39. The van der Waals surface area contributed by atoms with Gasteiger partial charge in [-0.3, -0.25) is 4.90 Å². The Morgan fingerprint density at radius 3 is 2.86 bits per heavy atom. The molecule has 0 aromatic heterocycles. The summed E-state index contributed by atoms with van der Waals surface area (Å²) in [5.74, 6) is 2.32. The number of halogens is 2. The molecule has 118 valence electrons. The standard InChI is InChI=1S/C16H23ClN2O.ClH/c1-2-20-16-12(4-3-5-14(16)17)9-19-8-11-6-7-15(18)13(11)10-19;/h3-5,11,13,15H,2,6-10,18H2,1H3;1H. The minimum absolute atomic E-state index is 0. The molecule has 1 heterocycles. The van der Waals surface area contributed by atoms with Crippen molar-refractivity contribution in [1.29, 1.82) is 0 Å². The number of para-hydroxylation sites is 1. The second-order valence-corrected chi connectivity index (χ2v) is 6.43. The zero-order valence-electron chi connectivity index (χ0n) is 12.4. The summed E-state index contributed by atoms with van der Waals surface area (Å²) in [6.07, 6.45) is 2.49. The van der Waals surface area contributed by atoms with Gasteiger partial charge in [0.15, 0.2) is 0 Å². The Balaban J connectivity index is 0.00000161.